The standard InChI is InChI=1S/C15H12N2O/c1-2-6-13(7-3-1)17-16-11-12-5-4-8-15-14(12)9-10-18-15/h1-11,17H. The number of nitrogens with one attached hydrogen (secondary N) is 1. The molecule has 0 spiro atoms. The molecule has 2 aromatic carbocycles. The van der Waals surface area contributed by atoms with Gasteiger partial charge in [0.05, 0.1) is 18.2 Å². The van der Waals surface area contributed by atoms with E-state index in [-0.39, 0.29) is 0 Å². The highest BCUT2D eigenvalue weighted by atomic mass is 16.3. The van der Waals surface area contributed by atoms with Crippen molar-refractivity contribution in [3.63, 3.8) is 0 Å². The van der Waals surface area contributed by atoms with Crippen LogP contribution in [0.25, 0.3) is 11.0 Å². The summed E-state index contributed by atoms with van der Waals surface area (Å²) in [5.41, 5.74) is 5.86. The lowest BCUT2D eigenvalue weighted by Crippen LogP contribution is -1.90. The number of furan rings is 1. The maximum absolute atomic E-state index is 5.34. The fourth-order valence-electron chi connectivity index (χ4n) is 1.82. The fourth-order valence-corrected chi connectivity index (χ4v) is 1.82. The minimum absolute atomic E-state index is 0.874. The molecule has 3 heteroatoms. The Hall–Kier alpha value is -2.55. The Balaban J connectivity index is 1.82. The topological polar surface area (TPSA) is 37.5 Å². The molecule has 3 rings (SSSR count). The first kappa shape index (κ1) is 10.6. The number of rotatable bonds is 3. The van der Waals surface area contributed by atoms with Crippen molar-refractivity contribution in [2.24, 2.45) is 5.10 Å². The summed E-state index contributed by atoms with van der Waals surface area (Å²) in [4.78, 5) is 0. The zero-order valence-electron chi connectivity index (χ0n) is 9.71. The lowest BCUT2D eigenvalue weighted by atomic mass is 10.1. The number of para-hydroxylation sites is 1. The molecule has 0 radical (unpaired) electrons. The Morgan fingerprint density at radius 1 is 0.944 bits per heavy atom. The van der Waals surface area contributed by atoms with Crippen molar-refractivity contribution >= 4 is 22.9 Å². The second-order valence-electron chi connectivity index (χ2n) is 3.92. The van der Waals surface area contributed by atoms with Gasteiger partial charge >= 0.3 is 0 Å². The van der Waals surface area contributed by atoms with Crippen LogP contribution in [0, 0.1) is 0 Å². The first-order chi connectivity index (χ1) is 8.93. The van der Waals surface area contributed by atoms with E-state index in [9.17, 15) is 0 Å². The minimum atomic E-state index is 0.874. The van der Waals surface area contributed by atoms with Gasteiger partial charge in [-0.15, -0.1) is 0 Å². The predicted molar refractivity (Wildman–Crippen MR) is 73.9 cm³/mol. The van der Waals surface area contributed by atoms with Crippen LogP contribution in [0.5, 0.6) is 0 Å². The highest BCUT2D eigenvalue weighted by Crippen LogP contribution is 2.18. The van der Waals surface area contributed by atoms with Crippen LogP contribution >= 0.6 is 0 Å². The normalized spacial score (nSPS) is 11.1. The number of benzene rings is 2. The molecule has 1 aromatic heterocycles. The maximum Gasteiger partial charge on any atom is 0.134 e. The van der Waals surface area contributed by atoms with Crippen LogP contribution in [0.2, 0.25) is 0 Å². The molecule has 0 saturated heterocycles. The summed E-state index contributed by atoms with van der Waals surface area (Å²) in [6.07, 6.45) is 3.48. The first-order valence-corrected chi connectivity index (χ1v) is 5.74. The summed E-state index contributed by atoms with van der Waals surface area (Å²) in [7, 11) is 0. The van der Waals surface area contributed by atoms with Crippen LogP contribution in [0.4, 0.5) is 5.69 Å². The van der Waals surface area contributed by atoms with Crippen molar-refractivity contribution in [3.05, 3.63) is 66.4 Å². The minimum Gasteiger partial charge on any atom is -0.464 e. The molecular formula is C15H12N2O. The Bertz CT molecular complexity index is 671. The van der Waals surface area contributed by atoms with Gasteiger partial charge in [-0.1, -0.05) is 30.3 Å². The summed E-state index contributed by atoms with van der Waals surface area (Å²) in [6, 6.07) is 17.7. The number of fused-ring (bicyclic) bond motifs is 1. The second-order valence-corrected chi connectivity index (χ2v) is 3.92. The smallest absolute Gasteiger partial charge is 0.134 e. The van der Waals surface area contributed by atoms with Crippen molar-refractivity contribution in [2.45, 2.75) is 0 Å². The van der Waals surface area contributed by atoms with E-state index in [4.69, 9.17) is 4.42 Å². The van der Waals surface area contributed by atoms with E-state index in [1.54, 1.807) is 12.5 Å². The summed E-state index contributed by atoms with van der Waals surface area (Å²) in [6.45, 7) is 0. The zero-order chi connectivity index (χ0) is 12.2. The summed E-state index contributed by atoms with van der Waals surface area (Å²) < 4.78 is 5.34. The molecule has 0 amide bonds. The SMILES string of the molecule is C(=NNc1ccccc1)c1cccc2occc12. The third-order valence-electron chi connectivity index (χ3n) is 2.70. The molecule has 0 aliphatic rings. The van der Waals surface area contributed by atoms with Crippen LogP contribution in [-0.4, -0.2) is 6.21 Å². The molecule has 0 atom stereocenters. The number of hydrogen-bond acceptors (Lipinski definition) is 3. The van der Waals surface area contributed by atoms with E-state index < -0.39 is 0 Å². The van der Waals surface area contributed by atoms with Gasteiger partial charge in [-0.2, -0.15) is 5.10 Å². The lowest BCUT2D eigenvalue weighted by molar-refractivity contribution is 0.616. The zero-order valence-corrected chi connectivity index (χ0v) is 9.71. The molecule has 0 bridgehead atoms. The monoisotopic (exact) mass is 236 g/mol. The Kier molecular flexibility index (Phi) is 2.80. The highest BCUT2D eigenvalue weighted by Gasteiger charge is 1.99. The van der Waals surface area contributed by atoms with Crippen molar-refractivity contribution in [1.82, 2.24) is 0 Å². The Morgan fingerprint density at radius 3 is 2.72 bits per heavy atom. The summed E-state index contributed by atoms with van der Waals surface area (Å²) >= 11 is 0. The van der Waals surface area contributed by atoms with Gasteiger partial charge in [-0.05, 0) is 24.3 Å². The van der Waals surface area contributed by atoms with Gasteiger partial charge in [0.15, 0.2) is 0 Å². The molecule has 0 aliphatic heterocycles. The third kappa shape index (κ3) is 2.11. The molecule has 0 saturated carbocycles. The Morgan fingerprint density at radius 2 is 1.83 bits per heavy atom. The van der Waals surface area contributed by atoms with Gasteiger partial charge < -0.3 is 4.42 Å². The van der Waals surface area contributed by atoms with Gasteiger partial charge in [0.2, 0.25) is 0 Å². The van der Waals surface area contributed by atoms with Gasteiger partial charge in [0, 0.05) is 10.9 Å². The molecule has 0 fully saturated rings. The fraction of sp³-hybridized carbons (Fsp3) is 0. The van der Waals surface area contributed by atoms with Crippen molar-refractivity contribution in [2.75, 3.05) is 5.43 Å². The van der Waals surface area contributed by atoms with Crippen molar-refractivity contribution in [1.29, 1.82) is 0 Å². The highest BCUT2D eigenvalue weighted by molar-refractivity contribution is 5.97. The van der Waals surface area contributed by atoms with E-state index in [1.165, 1.54) is 0 Å². The predicted octanol–water partition coefficient (Wildman–Crippen LogP) is 3.88. The Labute approximate surface area is 105 Å². The number of hydrazone groups is 1. The van der Waals surface area contributed by atoms with E-state index in [1.807, 2.05) is 54.6 Å². The van der Waals surface area contributed by atoms with Gasteiger partial charge in [-0.3, -0.25) is 5.43 Å². The molecule has 18 heavy (non-hydrogen) atoms. The van der Waals surface area contributed by atoms with Gasteiger partial charge in [0.25, 0.3) is 0 Å². The van der Waals surface area contributed by atoms with Gasteiger partial charge in [-0.25, -0.2) is 0 Å². The lowest BCUT2D eigenvalue weighted by Gasteiger charge is -1.99. The summed E-state index contributed by atoms with van der Waals surface area (Å²) in [5, 5.41) is 5.29. The van der Waals surface area contributed by atoms with Crippen LogP contribution < -0.4 is 5.43 Å². The van der Waals surface area contributed by atoms with Gasteiger partial charge in [0.1, 0.15) is 5.58 Å². The van der Waals surface area contributed by atoms with Crippen LogP contribution in [0.15, 0.2) is 70.4 Å². The second kappa shape index (κ2) is 4.75. The number of anilines is 1. The first-order valence-electron chi connectivity index (χ1n) is 5.74. The quantitative estimate of drug-likeness (QED) is 0.553. The molecule has 1 N–H and O–H groups in total. The maximum atomic E-state index is 5.34. The van der Waals surface area contributed by atoms with E-state index in [2.05, 4.69) is 10.5 Å². The molecule has 0 aliphatic carbocycles. The molecule has 88 valence electrons. The van der Waals surface area contributed by atoms with Crippen LogP contribution in [-0.2, 0) is 0 Å². The number of hydrogen-bond donors (Lipinski definition) is 1. The molecule has 0 unspecified atom stereocenters. The summed E-state index contributed by atoms with van der Waals surface area (Å²) in [5.74, 6) is 0. The number of nitrogens with zero attached hydrogens (tertiary/aromatic N) is 1. The largest absolute Gasteiger partial charge is 0.464 e. The molecule has 3 nitrogen and oxygen atoms in total. The van der Waals surface area contributed by atoms with E-state index in [0.717, 1.165) is 22.2 Å². The molecular weight excluding hydrogens is 224 g/mol. The van der Waals surface area contributed by atoms with Crippen molar-refractivity contribution in [3.8, 4) is 0 Å². The third-order valence-corrected chi connectivity index (χ3v) is 2.70. The van der Waals surface area contributed by atoms with E-state index in [0.29, 0.717) is 0 Å². The van der Waals surface area contributed by atoms with Crippen LogP contribution in [0.3, 0.4) is 0 Å². The average molecular weight is 236 g/mol. The molecule has 3 aromatic rings. The molecule has 1 heterocycles. The van der Waals surface area contributed by atoms with E-state index >= 15 is 0 Å². The van der Waals surface area contributed by atoms with Crippen LogP contribution in [0.1, 0.15) is 5.56 Å². The average Bonchev–Trinajstić information content (AvgIpc) is 2.89. The van der Waals surface area contributed by atoms with Crippen molar-refractivity contribution < 1.29 is 4.42 Å².